The summed E-state index contributed by atoms with van der Waals surface area (Å²) in [5.74, 6) is 3.08. The van der Waals surface area contributed by atoms with Crippen LogP contribution in [0.4, 0.5) is 5.69 Å². The number of nitrogens with one attached hydrogen (secondary N) is 1. The maximum atomic E-state index is 4.88. The van der Waals surface area contributed by atoms with Gasteiger partial charge in [-0.2, -0.15) is 0 Å². The summed E-state index contributed by atoms with van der Waals surface area (Å²) in [5, 5.41) is 12.1. The molecule has 0 atom stereocenters. The van der Waals surface area contributed by atoms with Gasteiger partial charge in [-0.05, 0) is 44.4 Å². The van der Waals surface area contributed by atoms with Gasteiger partial charge >= 0.3 is 0 Å². The Morgan fingerprint density at radius 3 is 2.66 bits per heavy atom. The number of aliphatic imine (C=N–C) groups is 1. The molecule has 1 aromatic heterocycles. The monoisotopic (exact) mass is 509 g/mol. The number of anilines is 1. The summed E-state index contributed by atoms with van der Waals surface area (Å²) in [7, 11) is 0. The Hall–Kier alpha value is -1.84. The van der Waals surface area contributed by atoms with Crippen LogP contribution in [0.3, 0.4) is 0 Å². The molecule has 0 spiro atoms. The second-order valence-corrected chi connectivity index (χ2v) is 7.65. The highest BCUT2D eigenvalue weighted by Crippen LogP contribution is 2.24. The Morgan fingerprint density at radius 2 is 1.90 bits per heavy atom. The Bertz CT molecular complexity index is 853. The van der Waals surface area contributed by atoms with E-state index in [1.807, 2.05) is 0 Å². The van der Waals surface area contributed by atoms with Gasteiger partial charge in [0.25, 0.3) is 0 Å². The van der Waals surface area contributed by atoms with Gasteiger partial charge in [-0.1, -0.05) is 12.1 Å². The Kier molecular flexibility index (Phi) is 7.37. The lowest BCUT2D eigenvalue weighted by Crippen LogP contribution is -2.52. The second-order valence-electron chi connectivity index (χ2n) is 7.65. The molecule has 1 fully saturated rings. The van der Waals surface area contributed by atoms with Crippen LogP contribution in [0, 0.1) is 13.8 Å². The molecule has 2 aliphatic rings. The summed E-state index contributed by atoms with van der Waals surface area (Å²) >= 11 is 0. The summed E-state index contributed by atoms with van der Waals surface area (Å²) in [6.07, 6.45) is 2.21. The zero-order chi connectivity index (χ0) is 19.5. The van der Waals surface area contributed by atoms with E-state index in [-0.39, 0.29) is 24.0 Å². The molecule has 158 valence electrons. The van der Waals surface area contributed by atoms with Crippen molar-refractivity contribution in [1.29, 1.82) is 0 Å². The first-order valence-electron chi connectivity index (χ1n) is 10.4. The predicted molar refractivity (Wildman–Crippen MR) is 128 cm³/mol. The Morgan fingerprint density at radius 1 is 1.10 bits per heavy atom. The fourth-order valence-corrected chi connectivity index (χ4v) is 4.14. The number of rotatable bonds is 4. The number of benzene rings is 1. The number of piperazine rings is 1. The fraction of sp³-hybridized carbons (Fsp3) is 0.571. The van der Waals surface area contributed by atoms with Gasteiger partial charge in [-0.15, -0.1) is 34.2 Å². The first-order valence-corrected chi connectivity index (χ1v) is 10.4. The molecule has 3 heterocycles. The van der Waals surface area contributed by atoms with Crippen molar-refractivity contribution in [3.63, 3.8) is 0 Å². The van der Waals surface area contributed by atoms with Crippen molar-refractivity contribution in [2.75, 3.05) is 37.6 Å². The molecule has 0 bridgehead atoms. The van der Waals surface area contributed by atoms with Crippen LogP contribution in [-0.2, 0) is 19.5 Å². The molecule has 1 saturated heterocycles. The van der Waals surface area contributed by atoms with Crippen molar-refractivity contribution in [3.8, 4) is 0 Å². The smallest absolute Gasteiger partial charge is 0.194 e. The van der Waals surface area contributed by atoms with Gasteiger partial charge in [0.15, 0.2) is 11.8 Å². The van der Waals surface area contributed by atoms with Crippen LogP contribution in [-0.4, -0.2) is 58.3 Å². The third kappa shape index (κ3) is 4.67. The van der Waals surface area contributed by atoms with Gasteiger partial charge < -0.3 is 19.7 Å². The molecule has 1 aromatic carbocycles. The van der Waals surface area contributed by atoms with Gasteiger partial charge in [0, 0.05) is 51.4 Å². The highest BCUT2D eigenvalue weighted by Gasteiger charge is 2.22. The number of hydrogen-bond donors (Lipinski definition) is 1. The molecule has 0 amide bonds. The number of fused-ring (bicyclic) bond motifs is 1. The molecular weight excluding hydrogens is 477 g/mol. The fourth-order valence-electron chi connectivity index (χ4n) is 4.14. The summed E-state index contributed by atoms with van der Waals surface area (Å²) in [6, 6.07) is 6.59. The van der Waals surface area contributed by atoms with Crippen LogP contribution >= 0.6 is 24.0 Å². The largest absolute Gasteiger partial charge is 0.368 e. The van der Waals surface area contributed by atoms with E-state index in [1.54, 1.807) is 0 Å². The molecule has 2 aliphatic heterocycles. The lowest BCUT2D eigenvalue weighted by atomic mass is 10.1. The number of aromatic nitrogens is 3. The average molecular weight is 509 g/mol. The van der Waals surface area contributed by atoms with E-state index in [0.29, 0.717) is 6.54 Å². The molecule has 0 aliphatic carbocycles. The number of guanidine groups is 1. The number of nitrogens with zero attached hydrogens (tertiary/aromatic N) is 6. The van der Waals surface area contributed by atoms with Crippen LogP contribution in [0.15, 0.2) is 23.2 Å². The van der Waals surface area contributed by atoms with Gasteiger partial charge in [-0.25, -0.2) is 4.99 Å². The molecule has 8 heteroatoms. The minimum atomic E-state index is 0. The molecule has 0 unspecified atom stereocenters. The lowest BCUT2D eigenvalue weighted by Gasteiger charge is -2.38. The van der Waals surface area contributed by atoms with Crippen molar-refractivity contribution in [2.45, 2.75) is 46.7 Å². The van der Waals surface area contributed by atoms with Crippen LogP contribution in [0.2, 0.25) is 0 Å². The number of halogens is 1. The summed E-state index contributed by atoms with van der Waals surface area (Å²) in [6.45, 7) is 13.0. The van der Waals surface area contributed by atoms with Crippen molar-refractivity contribution in [2.24, 2.45) is 4.99 Å². The van der Waals surface area contributed by atoms with Crippen LogP contribution in [0.25, 0.3) is 0 Å². The van der Waals surface area contributed by atoms with Gasteiger partial charge in [0.1, 0.15) is 12.4 Å². The molecule has 7 nitrogen and oxygen atoms in total. The van der Waals surface area contributed by atoms with Crippen LogP contribution < -0.4 is 10.2 Å². The van der Waals surface area contributed by atoms with Crippen molar-refractivity contribution >= 4 is 35.6 Å². The lowest BCUT2D eigenvalue weighted by molar-refractivity contribution is 0.372. The van der Waals surface area contributed by atoms with Gasteiger partial charge in [0.05, 0.1) is 0 Å². The van der Waals surface area contributed by atoms with E-state index in [1.165, 1.54) is 23.2 Å². The molecule has 0 saturated carbocycles. The SMILES string of the molecule is CCNC(=NCc1nnc2n1CCC2)N1CCN(c2cccc(C)c2C)CC1.I. The van der Waals surface area contributed by atoms with Gasteiger partial charge in [-0.3, -0.25) is 0 Å². The maximum Gasteiger partial charge on any atom is 0.194 e. The number of hydrogen-bond acceptors (Lipinski definition) is 4. The molecule has 0 radical (unpaired) electrons. The maximum absolute atomic E-state index is 4.88. The standard InChI is InChI=1S/C21H31N7.HI/c1-4-22-21(23-15-20-25-24-19-9-6-10-28(19)20)27-13-11-26(12-14-27)18-8-5-7-16(2)17(18)3;/h5,7-8H,4,6,9-15H2,1-3H3,(H,22,23);1H. The topological polar surface area (TPSA) is 61.6 Å². The van der Waals surface area contributed by atoms with E-state index in [2.05, 4.69) is 68.9 Å². The Labute approximate surface area is 190 Å². The first-order chi connectivity index (χ1) is 13.7. The van der Waals surface area contributed by atoms with E-state index in [0.717, 1.165) is 63.3 Å². The normalized spacial score (nSPS) is 16.6. The second kappa shape index (κ2) is 9.77. The Balaban J connectivity index is 0.00000240. The van der Waals surface area contributed by atoms with E-state index in [4.69, 9.17) is 4.99 Å². The third-order valence-electron chi connectivity index (χ3n) is 5.89. The van der Waals surface area contributed by atoms with Crippen molar-refractivity contribution in [3.05, 3.63) is 41.0 Å². The molecular formula is C21H32IN7. The van der Waals surface area contributed by atoms with E-state index >= 15 is 0 Å². The predicted octanol–water partition coefficient (Wildman–Crippen LogP) is 2.75. The molecule has 29 heavy (non-hydrogen) atoms. The summed E-state index contributed by atoms with van der Waals surface area (Å²) < 4.78 is 2.23. The van der Waals surface area contributed by atoms with Crippen molar-refractivity contribution < 1.29 is 0 Å². The van der Waals surface area contributed by atoms with Crippen LogP contribution in [0.1, 0.15) is 36.1 Å². The van der Waals surface area contributed by atoms with Gasteiger partial charge in [0.2, 0.25) is 0 Å². The zero-order valence-corrected chi connectivity index (χ0v) is 20.0. The highest BCUT2D eigenvalue weighted by molar-refractivity contribution is 14.0. The molecule has 2 aromatic rings. The third-order valence-corrected chi connectivity index (χ3v) is 5.89. The number of aryl methyl sites for hydroxylation is 2. The average Bonchev–Trinajstić information content (AvgIpc) is 3.32. The highest BCUT2D eigenvalue weighted by atomic mass is 127. The van der Waals surface area contributed by atoms with Crippen molar-refractivity contribution in [1.82, 2.24) is 25.0 Å². The summed E-state index contributed by atoms with van der Waals surface area (Å²) in [4.78, 5) is 9.74. The molecule has 1 N–H and O–H groups in total. The minimum Gasteiger partial charge on any atom is -0.368 e. The van der Waals surface area contributed by atoms with Crippen LogP contribution in [0.5, 0.6) is 0 Å². The van der Waals surface area contributed by atoms with E-state index in [9.17, 15) is 0 Å². The molecule has 4 rings (SSSR count). The quantitative estimate of drug-likeness (QED) is 0.390. The minimum absolute atomic E-state index is 0. The zero-order valence-electron chi connectivity index (χ0n) is 17.7. The first kappa shape index (κ1) is 21.9. The summed E-state index contributed by atoms with van der Waals surface area (Å²) in [5.41, 5.74) is 4.11. The van der Waals surface area contributed by atoms with E-state index < -0.39 is 0 Å².